The van der Waals surface area contributed by atoms with Gasteiger partial charge in [-0.15, -0.1) is 11.3 Å². The molecule has 1 N–H and O–H groups in total. The Morgan fingerprint density at radius 2 is 2.24 bits per heavy atom. The zero-order chi connectivity index (χ0) is 14.8. The minimum absolute atomic E-state index is 0.106. The van der Waals surface area contributed by atoms with Crippen LogP contribution in [0.25, 0.3) is 0 Å². The molecule has 1 aromatic carbocycles. The number of amides is 1. The Balaban J connectivity index is 1.68. The number of fused-ring (bicyclic) bond motifs is 1. The van der Waals surface area contributed by atoms with Crippen LogP contribution in [0.2, 0.25) is 0 Å². The van der Waals surface area contributed by atoms with E-state index in [-0.39, 0.29) is 18.3 Å². The molecule has 0 saturated carbocycles. The van der Waals surface area contributed by atoms with Gasteiger partial charge in [-0.3, -0.25) is 4.79 Å². The van der Waals surface area contributed by atoms with E-state index in [4.69, 9.17) is 0 Å². The molecule has 1 aliphatic rings. The molecule has 0 fully saturated rings. The molecule has 0 radical (unpaired) electrons. The fourth-order valence-electron chi connectivity index (χ4n) is 2.72. The molecule has 0 saturated heterocycles. The molecule has 110 valence electrons. The number of hydrogen-bond donors (Lipinski definition) is 1. The Labute approximate surface area is 128 Å². The van der Waals surface area contributed by atoms with Crippen molar-refractivity contribution in [3.63, 3.8) is 0 Å². The van der Waals surface area contributed by atoms with E-state index in [0.29, 0.717) is 11.5 Å². The number of benzene rings is 1. The van der Waals surface area contributed by atoms with Gasteiger partial charge in [0.25, 0.3) is 5.91 Å². The topological polar surface area (TPSA) is 29.1 Å². The lowest BCUT2D eigenvalue weighted by Crippen LogP contribution is -2.22. The summed E-state index contributed by atoms with van der Waals surface area (Å²) in [7, 11) is 0. The summed E-state index contributed by atoms with van der Waals surface area (Å²) >= 11 is 1.58. The van der Waals surface area contributed by atoms with Crippen LogP contribution in [0.3, 0.4) is 0 Å². The number of aryl methyl sites for hydroxylation is 1. The van der Waals surface area contributed by atoms with Gasteiger partial charge in [0.1, 0.15) is 5.82 Å². The third kappa shape index (κ3) is 3.16. The number of carbonyl (C=O) groups is 1. The predicted molar refractivity (Wildman–Crippen MR) is 83.1 cm³/mol. The van der Waals surface area contributed by atoms with Crippen LogP contribution in [-0.4, -0.2) is 5.91 Å². The molecule has 0 bridgehead atoms. The minimum atomic E-state index is -0.280. The van der Waals surface area contributed by atoms with Crippen LogP contribution in [0.15, 0.2) is 30.3 Å². The molecule has 0 aliphatic heterocycles. The first-order valence-electron chi connectivity index (χ1n) is 7.26. The predicted octanol–water partition coefficient (Wildman–Crippen LogP) is 3.94. The summed E-state index contributed by atoms with van der Waals surface area (Å²) < 4.78 is 13.5. The molecule has 4 heteroatoms. The first-order valence-corrected chi connectivity index (χ1v) is 8.08. The van der Waals surface area contributed by atoms with Gasteiger partial charge < -0.3 is 5.32 Å². The Morgan fingerprint density at radius 1 is 1.43 bits per heavy atom. The molecule has 2 nitrogen and oxygen atoms in total. The maximum atomic E-state index is 13.5. The number of thiophene rings is 1. The van der Waals surface area contributed by atoms with E-state index < -0.39 is 0 Å². The molecule has 1 heterocycles. The van der Waals surface area contributed by atoms with Crippen LogP contribution in [0.4, 0.5) is 4.39 Å². The number of carbonyl (C=O) groups excluding carboxylic acids is 1. The molecule has 1 atom stereocenters. The number of hydrogen-bond acceptors (Lipinski definition) is 2. The Hall–Kier alpha value is -1.68. The molecule has 1 amide bonds. The standard InChI is InChI=1S/C17H18FNOS/c1-11-6-7-15-13(8-11)9-16(21-15)17(20)19-10-12-4-2-3-5-14(12)18/h2-5,9,11H,6-8,10H2,1H3,(H,19,20)/t11-/m1/s1. The van der Waals surface area contributed by atoms with E-state index in [1.165, 1.54) is 22.9 Å². The number of halogens is 1. The zero-order valence-electron chi connectivity index (χ0n) is 12.0. The maximum absolute atomic E-state index is 13.5. The lowest BCUT2D eigenvalue weighted by molar-refractivity contribution is 0.0954. The van der Waals surface area contributed by atoms with Gasteiger partial charge in [0.05, 0.1) is 4.88 Å². The fourth-order valence-corrected chi connectivity index (χ4v) is 3.85. The van der Waals surface area contributed by atoms with Crippen molar-refractivity contribution in [1.82, 2.24) is 5.32 Å². The van der Waals surface area contributed by atoms with Crippen LogP contribution in [0.5, 0.6) is 0 Å². The summed E-state index contributed by atoms with van der Waals surface area (Å²) in [5.74, 6) is 0.309. The fraction of sp³-hybridized carbons (Fsp3) is 0.353. The monoisotopic (exact) mass is 303 g/mol. The van der Waals surface area contributed by atoms with Gasteiger partial charge in [-0.05, 0) is 42.9 Å². The number of nitrogens with one attached hydrogen (secondary N) is 1. The summed E-state index contributed by atoms with van der Waals surface area (Å²) in [6, 6.07) is 8.53. The van der Waals surface area contributed by atoms with Crippen molar-refractivity contribution in [2.75, 3.05) is 0 Å². The first kappa shape index (κ1) is 14.3. The van der Waals surface area contributed by atoms with Crippen molar-refractivity contribution in [2.45, 2.75) is 32.7 Å². The van der Waals surface area contributed by atoms with Crippen LogP contribution in [-0.2, 0) is 19.4 Å². The molecule has 3 rings (SSSR count). The molecule has 1 aromatic heterocycles. The SMILES string of the molecule is C[C@@H]1CCc2sc(C(=O)NCc3ccccc3F)cc2C1. The van der Waals surface area contributed by atoms with E-state index in [1.54, 1.807) is 29.5 Å². The molecular weight excluding hydrogens is 285 g/mol. The Morgan fingerprint density at radius 3 is 3.05 bits per heavy atom. The van der Waals surface area contributed by atoms with Gasteiger partial charge in [-0.1, -0.05) is 25.1 Å². The maximum Gasteiger partial charge on any atom is 0.261 e. The largest absolute Gasteiger partial charge is 0.347 e. The highest BCUT2D eigenvalue weighted by molar-refractivity contribution is 7.14. The summed E-state index contributed by atoms with van der Waals surface area (Å²) in [4.78, 5) is 14.3. The quantitative estimate of drug-likeness (QED) is 0.914. The summed E-state index contributed by atoms with van der Waals surface area (Å²) in [6.07, 6.45) is 3.33. The van der Waals surface area contributed by atoms with Crippen molar-refractivity contribution < 1.29 is 9.18 Å². The molecule has 0 spiro atoms. The summed E-state index contributed by atoms with van der Waals surface area (Å²) in [5, 5.41) is 2.81. The van der Waals surface area contributed by atoms with Crippen LogP contribution < -0.4 is 5.32 Å². The molecular formula is C17H18FNOS. The van der Waals surface area contributed by atoms with Gasteiger partial charge in [-0.2, -0.15) is 0 Å². The normalized spacial score (nSPS) is 17.3. The lowest BCUT2D eigenvalue weighted by Gasteiger charge is -2.16. The van der Waals surface area contributed by atoms with E-state index in [0.717, 1.165) is 17.7 Å². The van der Waals surface area contributed by atoms with E-state index in [9.17, 15) is 9.18 Å². The van der Waals surface area contributed by atoms with Gasteiger partial charge in [0, 0.05) is 17.0 Å². The summed E-state index contributed by atoms with van der Waals surface area (Å²) in [6.45, 7) is 2.48. The average Bonchev–Trinajstić information content (AvgIpc) is 2.89. The van der Waals surface area contributed by atoms with Gasteiger partial charge >= 0.3 is 0 Å². The van der Waals surface area contributed by atoms with Crippen molar-refractivity contribution >= 4 is 17.2 Å². The van der Waals surface area contributed by atoms with Crippen molar-refractivity contribution in [3.05, 3.63) is 57.0 Å². The smallest absolute Gasteiger partial charge is 0.261 e. The van der Waals surface area contributed by atoms with Crippen molar-refractivity contribution in [2.24, 2.45) is 5.92 Å². The molecule has 1 aliphatic carbocycles. The molecule has 21 heavy (non-hydrogen) atoms. The van der Waals surface area contributed by atoms with Crippen LogP contribution in [0, 0.1) is 11.7 Å². The second kappa shape index (κ2) is 5.98. The first-order chi connectivity index (χ1) is 10.1. The Kier molecular flexibility index (Phi) is 4.06. The summed E-state index contributed by atoms with van der Waals surface area (Å²) in [5.41, 5.74) is 1.83. The van der Waals surface area contributed by atoms with E-state index in [1.807, 2.05) is 6.07 Å². The number of rotatable bonds is 3. The van der Waals surface area contributed by atoms with E-state index in [2.05, 4.69) is 12.2 Å². The third-order valence-corrected chi connectivity index (χ3v) is 5.19. The van der Waals surface area contributed by atoms with Crippen molar-refractivity contribution in [3.8, 4) is 0 Å². The van der Waals surface area contributed by atoms with Gasteiger partial charge in [-0.25, -0.2) is 4.39 Å². The second-order valence-electron chi connectivity index (χ2n) is 5.68. The minimum Gasteiger partial charge on any atom is -0.347 e. The van der Waals surface area contributed by atoms with Crippen LogP contribution in [0.1, 0.15) is 39.0 Å². The van der Waals surface area contributed by atoms with E-state index >= 15 is 0 Å². The zero-order valence-corrected chi connectivity index (χ0v) is 12.8. The second-order valence-corrected chi connectivity index (χ2v) is 6.82. The lowest BCUT2D eigenvalue weighted by atomic mass is 9.90. The Bertz CT molecular complexity index is 665. The average molecular weight is 303 g/mol. The van der Waals surface area contributed by atoms with Gasteiger partial charge in [0.2, 0.25) is 0 Å². The molecule has 2 aromatic rings. The van der Waals surface area contributed by atoms with Gasteiger partial charge in [0.15, 0.2) is 0 Å². The highest BCUT2D eigenvalue weighted by atomic mass is 32.1. The third-order valence-electron chi connectivity index (χ3n) is 3.95. The highest BCUT2D eigenvalue weighted by Crippen LogP contribution is 2.32. The molecule has 0 unspecified atom stereocenters. The van der Waals surface area contributed by atoms with Crippen molar-refractivity contribution in [1.29, 1.82) is 0 Å². The van der Waals surface area contributed by atoms with Crippen LogP contribution >= 0.6 is 11.3 Å². The highest BCUT2D eigenvalue weighted by Gasteiger charge is 2.20.